The number of carbonyl (C=O) groups is 2. The summed E-state index contributed by atoms with van der Waals surface area (Å²) in [7, 11) is 0. The molecular formula is C26H29FN2O2. The SMILES string of the molecule is O=C(/C=C/c1ccccc1)N1CCC(C(=O)N2CCC[C@H]2Cc2cccc(F)c2)CC1. The second-order valence-electron chi connectivity index (χ2n) is 8.51. The van der Waals surface area contributed by atoms with E-state index in [0.717, 1.165) is 30.5 Å². The number of halogens is 1. The van der Waals surface area contributed by atoms with Crippen molar-refractivity contribution in [2.75, 3.05) is 19.6 Å². The van der Waals surface area contributed by atoms with Gasteiger partial charge in [-0.05, 0) is 61.4 Å². The number of benzene rings is 2. The lowest BCUT2D eigenvalue weighted by atomic mass is 9.94. The highest BCUT2D eigenvalue weighted by atomic mass is 19.1. The van der Waals surface area contributed by atoms with Crippen LogP contribution in [0.15, 0.2) is 60.7 Å². The topological polar surface area (TPSA) is 40.6 Å². The predicted octanol–water partition coefficient (Wildman–Crippen LogP) is 4.31. The van der Waals surface area contributed by atoms with E-state index in [-0.39, 0.29) is 29.6 Å². The van der Waals surface area contributed by atoms with Crippen molar-refractivity contribution in [2.24, 2.45) is 5.92 Å². The number of hydrogen-bond acceptors (Lipinski definition) is 2. The summed E-state index contributed by atoms with van der Waals surface area (Å²) in [4.78, 5) is 29.5. The molecule has 0 N–H and O–H groups in total. The average Bonchev–Trinajstić information content (AvgIpc) is 3.26. The summed E-state index contributed by atoms with van der Waals surface area (Å²) in [5.41, 5.74) is 1.94. The van der Waals surface area contributed by atoms with Crippen molar-refractivity contribution < 1.29 is 14.0 Å². The van der Waals surface area contributed by atoms with Crippen molar-refractivity contribution in [1.29, 1.82) is 0 Å². The molecule has 0 unspecified atom stereocenters. The minimum Gasteiger partial charge on any atom is -0.339 e. The molecule has 162 valence electrons. The van der Waals surface area contributed by atoms with E-state index in [1.54, 1.807) is 18.2 Å². The van der Waals surface area contributed by atoms with Gasteiger partial charge in [0.25, 0.3) is 0 Å². The summed E-state index contributed by atoms with van der Waals surface area (Å²) in [5.74, 6) is -0.0623. The van der Waals surface area contributed by atoms with Crippen molar-refractivity contribution in [3.05, 3.63) is 77.6 Å². The van der Waals surface area contributed by atoms with Gasteiger partial charge in [-0.2, -0.15) is 0 Å². The molecule has 4 rings (SSSR count). The zero-order chi connectivity index (χ0) is 21.6. The number of nitrogens with zero attached hydrogens (tertiary/aromatic N) is 2. The molecule has 2 saturated heterocycles. The Morgan fingerprint density at radius 1 is 0.968 bits per heavy atom. The van der Waals surface area contributed by atoms with Gasteiger partial charge in [0.1, 0.15) is 5.82 Å². The molecule has 1 atom stereocenters. The highest BCUT2D eigenvalue weighted by Gasteiger charge is 2.35. The third kappa shape index (κ3) is 5.40. The summed E-state index contributed by atoms with van der Waals surface area (Å²) in [6, 6.07) is 16.6. The first kappa shape index (κ1) is 21.3. The fourth-order valence-electron chi connectivity index (χ4n) is 4.69. The zero-order valence-corrected chi connectivity index (χ0v) is 17.8. The second-order valence-corrected chi connectivity index (χ2v) is 8.51. The fourth-order valence-corrected chi connectivity index (χ4v) is 4.69. The molecule has 5 heteroatoms. The first-order chi connectivity index (χ1) is 15.1. The van der Waals surface area contributed by atoms with Crippen molar-refractivity contribution in [2.45, 2.75) is 38.1 Å². The van der Waals surface area contributed by atoms with Crippen LogP contribution in [-0.4, -0.2) is 47.3 Å². The van der Waals surface area contributed by atoms with E-state index in [2.05, 4.69) is 0 Å². The maximum absolute atomic E-state index is 13.5. The van der Waals surface area contributed by atoms with E-state index in [4.69, 9.17) is 0 Å². The summed E-state index contributed by atoms with van der Waals surface area (Å²) < 4.78 is 13.5. The Labute approximate surface area is 183 Å². The maximum Gasteiger partial charge on any atom is 0.246 e. The van der Waals surface area contributed by atoms with Crippen molar-refractivity contribution >= 4 is 17.9 Å². The van der Waals surface area contributed by atoms with Crippen LogP contribution < -0.4 is 0 Å². The van der Waals surface area contributed by atoms with Gasteiger partial charge in [0.2, 0.25) is 11.8 Å². The summed E-state index contributed by atoms with van der Waals surface area (Å²) >= 11 is 0. The molecule has 0 saturated carbocycles. The Morgan fingerprint density at radius 2 is 1.74 bits per heavy atom. The standard InChI is InChI=1S/C26H29FN2O2/c27-23-9-4-8-21(18-23)19-24-10-5-15-29(24)26(31)22-13-16-28(17-14-22)25(30)12-11-20-6-2-1-3-7-20/h1-4,6-9,11-12,18,22,24H,5,10,13-17,19H2/b12-11+/t24-/m0/s1. The van der Waals surface area contributed by atoms with E-state index >= 15 is 0 Å². The lowest BCUT2D eigenvalue weighted by molar-refractivity contribution is -0.140. The third-order valence-corrected chi connectivity index (χ3v) is 6.39. The number of likely N-dealkylation sites (tertiary alicyclic amines) is 2. The van der Waals surface area contributed by atoms with Gasteiger partial charge in [-0.25, -0.2) is 4.39 Å². The van der Waals surface area contributed by atoms with Crippen LogP contribution in [0.5, 0.6) is 0 Å². The number of piperidine rings is 1. The van der Waals surface area contributed by atoms with Gasteiger partial charge in [0.15, 0.2) is 0 Å². The van der Waals surface area contributed by atoms with E-state index < -0.39 is 0 Å². The molecule has 2 fully saturated rings. The average molecular weight is 421 g/mol. The molecule has 2 amide bonds. The smallest absolute Gasteiger partial charge is 0.246 e. The normalized spacial score (nSPS) is 19.8. The van der Waals surface area contributed by atoms with Gasteiger partial charge < -0.3 is 9.80 Å². The van der Waals surface area contributed by atoms with E-state index in [9.17, 15) is 14.0 Å². The second kappa shape index (κ2) is 9.90. The van der Waals surface area contributed by atoms with Crippen LogP contribution in [0.2, 0.25) is 0 Å². The number of rotatable bonds is 5. The highest BCUT2D eigenvalue weighted by Crippen LogP contribution is 2.27. The first-order valence-corrected chi connectivity index (χ1v) is 11.2. The van der Waals surface area contributed by atoms with Crippen molar-refractivity contribution in [3.8, 4) is 0 Å². The number of hydrogen-bond donors (Lipinski definition) is 0. The molecule has 0 radical (unpaired) electrons. The van der Waals surface area contributed by atoms with Gasteiger partial charge in [0, 0.05) is 37.7 Å². The Hall–Kier alpha value is -2.95. The van der Waals surface area contributed by atoms with Gasteiger partial charge in [-0.3, -0.25) is 9.59 Å². The van der Waals surface area contributed by atoms with Crippen LogP contribution in [0.1, 0.15) is 36.8 Å². The van der Waals surface area contributed by atoms with Crippen LogP contribution in [0, 0.1) is 11.7 Å². The largest absolute Gasteiger partial charge is 0.339 e. The molecular weight excluding hydrogens is 391 g/mol. The highest BCUT2D eigenvalue weighted by molar-refractivity contribution is 5.92. The lowest BCUT2D eigenvalue weighted by Crippen LogP contribution is -2.45. The molecule has 0 spiro atoms. The van der Waals surface area contributed by atoms with Gasteiger partial charge in [-0.15, -0.1) is 0 Å². The lowest BCUT2D eigenvalue weighted by Gasteiger charge is -2.34. The molecule has 0 aliphatic carbocycles. The molecule has 2 aliphatic rings. The van der Waals surface area contributed by atoms with Gasteiger partial charge in [0.05, 0.1) is 0 Å². The van der Waals surface area contributed by atoms with Crippen LogP contribution in [-0.2, 0) is 16.0 Å². The van der Waals surface area contributed by atoms with Gasteiger partial charge >= 0.3 is 0 Å². The minimum absolute atomic E-state index is 0.0000877. The summed E-state index contributed by atoms with van der Waals surface area (Å²) in [5, 5.41) is 0. The summed E-state index contributed by atoms with van der Waals surface area (Å²) in [6.45, 7) is 1.99. The van der Waals surface area contributed by atoms with Crippen LogP contribution in [0.25, 0.3) is 6.08 Å². The summed E-state index contributed by atoms with van der Waals surface area (Å²) in [6.07, 6.45) is 7.51. The van der Waals surface area contributed by atoms with Crippen LogP contribution in [0.3, 0.4) is 0 Å². The molecule has 4 nitrogen and oxygen atoms in total. The van der Waals surface area contributed by atoms with Crippen LogP contribution in [0.4, 0.5) is 4.39 Å². The van der Waals surface area contributed by atoms with E-state index in [1.807, 2.05) is 52.3 Å². The molecule has 0 aromatic heterocycles. The Kier molecular flexibility index (Phi) is 6.80. The molecule has 0 bridgehead atoms. The molecule has 2 aliphatic heterocycles. The van der Waals surface area contributed by atoms with Crippen molar-refractivity contribution in [1.82, 2.24) is 9.80 Å². The number of carbonyl (C=O) groups excluding carboxylic acids is 2. The van der Waals surface area contributed by atoms with Crippen molar-refractivity contribution in [3.63, 3.8) is 0 Å². The van der Waals surface area contributed by atoms with E-state index in [1.165, 1.54) is 6.07 Å². The maximum atomic E-state index is 13.5. The van der Waals surface area contributed by atoms with Crippen LogP contribution >= 0.6 is 0 Å². The zero-order valence-electron chi connectivity index (χ0n) is 17.8. The quantitative estimate of drug-likeness (QED) is 0.677. The molecule has 2 heterocycles. The van der Waals surface area contributed by atoms with E-state index in [0.29, 0.717) is 32.4 Å². The monoisotopic (exact) mass is 420 g/mol. The molecule has 2 aromatic carbocycles. The number of amides is 2. The Bertz CT molecular complexity index is 935. The first-order valence-electron chi connectivity index (χ1n) is 11.2. The Balaban J connectivity index is 1.30. The fraction of sp³-hybridized carbons (Fsp3) is 0.385. The predicted molar refractivity (Wildman–Crippen MR) is 120 cm³/mol. The molecule has 31 heavy (non-hydrogen) atoms. The molecule has 2 aromatic rings. The van der Waals surface area contributed by atoms with Gasteiger partial charge in [-0.1, -0.05) is 42.5 Å². The Morgan fingerprint density at radius 3 is 2.48 bits per heavy atom. The third-order valence-electron chi connectivity index (χ3n) is 6.39. The minimum atomic E-state index is -0.230.